The van der Waals surface area contributed by atoms with Crippen LogP contribution in [0.15, 0.2) is 24.3 Å². The SMILES string of the molecule is CCC(CC)C(=O)NCC(c1ccccc1Cl)N1CCCC1. The zero-order valence-electron chi connectivity index (χ0n) is 13.6. The highest BCUT2D eigenvalue weighted by Gasteiger charge is 2.26. The highest BCUT2D eigenvalue weighted by molar-refractivity contribution is 6.31. The minimum atomic E-state index is 0.116. The molecule has 0 aliphatic carbocycles. The molecule has 1 saturated heterocycles. The van der Waals surface area contributed by atoms with Crippen LogP contribution in [0.4, 0.5) is 0 Å². The number of nitrogens with zero attached hydrogens (tertiary/aromatic N) is 1. The van der Waals surface area contributed by atoms with Gasteiger partial charge in [0.05, 0.1) is 6.04 Å². The number of hydrogen-bond donors (Lipinski definition) is 1. The van der Waals surface area contributed by atoms with Crippen LogP contribution in [0.25, 0.3) is 0 Å². The number of rotatable bonds is 7. The van der Waals surface area contributed by atoms with E-state index in [-0.39, 0.29) is 17.9 Å². The zero-order valence-corrected chi connectivity index (χ0v) is 14.4. The molecule has 3 nitrogen and oxygen atoms in total. The Morgan fingerprint density at radius 2 is 1.86 bits per heavy atom. The van der Waals surface area contributed by atoms with Gasteiger partial charge in [0.25, 0.3) is 0 Å². The van der Waals surface area contributed by atoms with Gasteiger partial charge in [0, 0.05) is 17.5 Å². The Hall–Kier alpha value is -1.06. The van der Waals surface area contributed by atoms with E-state index in [1.54, 1.807) is 0 Å². The first kappa shape index (κ1) is 17.3. The number of halogens is 1. The molecule has 122 valence electrons. The third-order valence-corrected chi connectivity index (χ3v) is 5.02. The maximum Gasteiger partial charge on any atom is 0.223 e. The van der Waals surface area contributed by atoms with Gasteiger partial charge in [0.1, 0.15) is 0 Å². The van der Waals surface area contributed by atoms with Gasteiger partial charge in [0.15, 0.2) is 0 Å². The van der Waals surface area contributed by atoms with Crippen molar-refractivity contribution in [1.29, 1.82) is 0 Å². The van der Waals surface area contributed by atoms with Gasteiger partial charge in [-0.05, 0) is 50.4 Å². The molecule has 0 bridgehead atoms. The average molecular weight is 323 g/mol. The van der Waals surface area contributed by atoms with Crippen molar-refractivity contribution in [3.63, 3.8) is 0 Å². The van der Waals surface area contributed by atoms with Gasteiger partial charge in [-0.25, -0.2) is 0 Å². The summed E-state index contributed by atoms with van der Waals surface area (Å²) in [6, 6.07) is 8.16. The first-order chi connectivity index (χ1) is 10.7. The second-order valence-electron chi connectivity index (χ2n) is 6.04. The molecular weight excluding hydrogens is 296 g/mol. The monoisotopic (exact) mass is 322 g/mol. The standard InChI is InChI=1S/C18H27ClN2O/c1-3-14(4-2)18(22)20-13-17(21-11-7-8-12-21)15-9-5-6-10-16(15)19/h5-6,9-10,14,17H,3-4,7-8,11-13H2,1-2H3,(H,20,22). The normalized spacial score (nSPS) is 16.9. The largest absolute Gasteiger partial charge is 0.354 e. The molecule has 4 heteroatoms. The van der Waals surface area contributed by atoms with Gasteiger partial charge in [-0.2, -0.15) is 0 Å². The minimum absolute atomic E-state index is 0.116. The van der Waals surface area contributed by atoms with Gasteiger partial charge in [0.2, 0.25) is 5.91 Å². The number of carbonyl (C=O) groups is 1. The number of likely N-dealkylation sites (tertiary alicyclic amines) is 1. The lowest BCUT2D eigenvalue weighted by atomic mass is 10.0. The second-order valence-corrected chi connectivity index (χ2v) is 6.45. The summed E-state index contributed by atoms with van der Waals surface area (Å²) in [6.07, 6.45) is 4.23. The van der Waals surface area contributed by atoms with E-state index in [0.717, 1.165) is 36.5 Å². The molecule has 1 amide bonds. The molecule has 2 rings (SSSR count). The average Bonchev–Trinajstić information content (AvgIpc) is 3.04. The lowest BCUT2D eigenvalue weighted by Crippen LogP contribution is -2.39. The first-order valence-electron chi connectivity index (χ1n) is 8.43. The van der Waals surface area contributed by atoms with Crippen LogP contribution in [0, 0.1) is 5.92 Å². The summed E-state index contributed by atoms with van der Waals surface area (Å²) in [5.41, 5.74) is 1.12. The van der Waals surface area contributed by atoms with Crippen molar-refractivity contribution in [1.82, 2.24) is 10.2 Å². The Kier molecular flexibility index (Phi) is 6.71. The smallest absolute Gasteiger partial charge is 0.223 e. The van der Waals surface area contributed by atoms with Crippen LogP contribution in [0.5, 0.6) is 0 Å². The van der Waals surface area contributed by atoms with Crippen LogP contribution in [0.2, 0.25) is 5.02 Å². The highest BCUT2D eigenvalue weighted by atomic mass is 35.5. The number of benzene rings is 1. The van der Waals surface area contributed by atoms with Gasteiger partial charge < -0.3 is 5.32 Å². The maximum absolute atomic E-state index is 12.3. The fourth-order valence-electron chi connectivity index (χ4n) is 3.24. The molecule has 1 aromatic rings. The lowest BCUT2D eigenvalue weighted by molar-refractivity contribution is -0.125. The summed E-state index contributed by atoms with van der Waals surface area (Å²) < 4.78 is 0. The van der Waals surface area contributed by atoms with Gasteiger partial charge in [-0.1, -0.05) is 43.6 Å². The maximum atomic E-state index is 12.3. The predicted molar refractivity (Wildman–Crippen MR) is 92.1 cm³/mol. The van der Waals surface area contributed by atoms with E-state index in [2.05, 4.69) is 30.1 Å². The molecule has 0 spiro atoms. The molecule has 22 heavy (non-hydrogen) atoms. The van der Waals surface area contributed by atoms with Crippen LogP contribution >= 0.6 is 11.6 Å². The van der Waals surface area contributed by atoms with E-state index in [1.807, 2.05) is 18.2 Å². The number of hydrogen-bond acceptors (Lipinski definition) is 2. The molecule has 1 atom stereocenters. The van der Waals surface area contributed by atoms with E-state index >= 15 is 0 Å². The van der Waals surface area contributed by atoms with E-state index < -0.39 is 0 Å². The van der Waals surface area contributed by atoms with Crippen molar-refractivity contribution in [3.8, 4) is 0 Å². The van der Waals surface area contributed by atoms with Crippen molar-refractivity contribution in [2.24, 2.45) is 5.92 Å². The van der Waals surface area contributed by atoms with Crippen molar-refractivity contribution >= 4 is 17.5 Å². The van der Waals surface area contributed by atoms with Crippen molar-refractivity contribution in [3.05, 3.63) is 34.9 Å². The van der Waals surface area contributed by atoms with Crippen molar-refractivity contribution < 1.29 is 4.79 Å². The van der Waals surface area contributed by atoms with Crippen LogP contribution in [-0.2, 0) is 4.79 Å². The molecule has 1 aromatic carbocycles. The predicted octanol–water partition coefficient (Wildman–Crippen LogP) is 4.03. The van der Waals surface area contributed by atoms with Crippen LogP contribution in [0.1, 0.15) is 51.1 Å². The molecule has 0 aromatic heterocycles. The summed E-state index contributed by atoms with van der Waals surface area (Å²) in [4.78, 5) is 14.7. The Bertz CT molecular complexity index is 482. The summed E-state index contributed by atoms with van der Waals surface area (Å²) in [5.74, 6) is 0.284. The van der Waals surface area contributed by atoms with Gasteiger partial charge in [-0.3, -0.25) is 9.69 Å². The third-order valence-electron chi connectivity index (χ3n) is 4.67. The van der Waals surface area contributed by atoms with Crippen molar-refractivity contribution in [2.75, 3.05) is 19.6 Å². The van der Waals surface area contributed by atoms with E-state index in [1.165, 1.54) is 12.8 Å². The zero-order chi connectivity index (χ0) is 15.9. The Balaban J connectivity index is 2.09. The molecule has 1 aliphatic heterocycles. The van der Waals surface area contributed by atoms with E-state index in [9.17, 15) is 4.79 Å². The summed E-state index contributed by atoms with van der Waals surface area (Å²) >= 11 is 6.39. The number of carbonyl (C=O) groups excluding carboxylic acids is 1. The summed E-state index contributed by atoms with van der Waals surface area (Å²) in [6.45, 7) is 6.94. The van der Waals surface area contributed by atoms with Gasteiger partial charge in [-0.15, -0.1) is 0 Å². The quantitative estimate of drug-likeness (QED) is 0.822. The summed E-state index contributed by atoms with van der Waals surface area (Å²) in [7, 11) is 0. The summed E-state index contributed by atoms with van der Waals surface area (Å²) in [5, 5.41) is 3.94. The van der Waals surface area contributed by atoms with Crippen LogP contribution < -0.4 is 5.32 Å². The van der Waals surface area contributed by atoms with Gasteiger partial charge >= 0.3 is 0 Å². The first-order valence-corrected chi connectivity index (χ1v) is 8.81. The fraction of sp³-hybridized carbons (Fsp3) is 0.611. The highest BCUT2D eigenvalue weighted by Crippen LogP contribution is 2.29. The van der Waals surface area contributed by atoms with Crippen molar-refractivity contribution in [2.45, 2.75) is 45.6 Å². The topological polar surface area (TPSA) is 32.3 Å². The molecule has 1 heterocycles. The molecule has 0 saturated carbocycles. The molecule has 1 N–H and O–H groups in total. The van der Waals surface area contributed by atoms with E-state index in [4.69, 9.17) is 11.6 Å². The molecule has 1 aliphatic rings. The Morgan fingerprint density at radius 3 is 2.45 bits per heavy atom. The fourth-order valence-corrected chi connectivity index (χ4v) is 3.50. The third kappa shape index (κ3) is 4.23. The number of amides is 1. The lowest BCUT2D eigenvalue weighted by Gasteiger charge is -2.29. The molecule has 1 fully saturated rings. The van der Waals surface area contributed by atoms with Crippen LogP contribution in [-0.4, -0.2) is 30.4 Å². The number of nitrogens with one attached hydrogen (secondary N) is 1. The second kappa shape index (κ2) is 8.54. The minimum Gasteiger partial charge on any atom is -0.354 e. The Labute approximate surface area is 139 Å². The molecule has 1 unspecified atom stereocenters. The Morgan fingerprint density at radius 1 is 1.23 bits per heavy atom. The van der Waals surface area contributed by atoms with E-state index in [0.29, 0.717) is 6.54 Å². The molecule has 0 radical (unpaired) electrons. The van der Waals surface area contributed by atoms with Crippen LogP contribution in [0.3, 0.4) is 0 Å². The molecular formula is C18H27ClN2O.